The third-order valence-electron chi connectivity index (χ3n) is 4.90. The van der Waals surface area contributed by atoms with Crippen LogP contribution in [0.1, 0.15) is 23.0 Å². The topological polar surface area (TPSA) is 34.6 Å². The quantitative estimate of drug-likeness (QED) is 0.485. The van der Waals surface area contributed by atoms with Gasteiger partial charge in [-0.1, -0.05) is 22.0 Å². The molecule has 1 aliphatic rings. The zero-order valence-electron chi connectivity index (χ0n) is 13.7. The Bertz CT molecular complexity index is 1120. The summed E-state index contributed by atoms with van der Waals surface area (Å²) < 4.78 is 5.66. The first-order valence-electron chi connectivity index (χ1n) is 8.30. The number of aryl methyl sites for hydroxylation is 1. The monoisotopic (exact) mass is 391 g/mol. The van der Waals surface area contributed by atoms with Gasteiger partial charge in [0.2, 0.25) is 12.2 Å². The van der Waals surface area contributed by atoms with E-state index in [9.17, 15) is 0 Å². The number of halogens is 1. The number of benzene rings is 1. The molecule has 1 unspecified atom stereocenters. The predicted octanol–water partition coefficient (Wildman–Crippen LogP) is 3.92. The minimum absolute atomic E-state index is 0.149. The fraction of sp³-hybridized carbons (Fsp3) is 0.150. The molecule has 0 N–H and O–H groups in total. The second kappa shape index (κ2) is 5.49. The molecule has 0 saturated carbocycles. The van der Waals surface area contributed by atoms with Crippen molar-refractivity contribution in [1.82, 2.24) is 14.6 Å². The van der Waals surface area contributed by atoms with Crippen molar-refractivity contribution in [3.05, 3.63) is 82.5 Å². The maximum atomic E-state index is 4.70. The maximum Gasteiger partial charge on any atom is 0.231 e. The second-order valence-electron chi connectivity index (χ2n) is 6.42. The number of aromatic nitrogens is 4. The van der Waals surface area contributed by atoms with E-state index >= 15 is 0 Å². The number of nitrogens with zero attached hydrogens (tertiary/aromatic N) is 4. The maximum absolute atomic E-state index is 4.70. The van der Waals surface area contributed by atoms with Crippen LogP contribution in [0.25, 0.3) is 16.6 Å². The molecule has 3 aromatic heterocycles. The molecular weight excluding hydrogens is 376 g/mol. The fourth-order valence-electron chi connectivity index (χ4n) is 3.71. The van der Waals surface area contributed by atoms with Crippen LogP contribution in [0, 0.1) is 6.92 Å². The molecule has 122 valence electrons. The Kier molecular flexibility index (Phi) is 3.25. The Morgan fingerprint density at radius 3 is 2.84 bits per heavy atom. The zero-order chi connectivity index (χ0) is 17.0. The van der Waals surface area contributed by atoms with Gasteiger partial charge in [-0.05, 0) is 48.9 Å². The molecular formula is C20H16BrN4+. The van der Waals surface area contributed by atoms with Crippen LogP contribution in [0.3, 0.4) is 0 Å². The molecule has 1 aliphatic heterocycles. The lowest BCUT2D eigenvalue weighted by molar-refractivity contribution is -0.771. The standard InChI is InChI=1S/C20H16BrN4/c1-13-4-2-8-22-16(13)11-19-20-18(5-3-9-23-20)25-17-7-6-15(21)10-14(17)12-24(19)25/h2-10,12,19H,11H2,1H3/q+1. The summed E-state index contributed by atoms with van der Waals surface area (Å²) >= 11 is 3.58. The van der Waals surface area contributed by atoms with Gasteiger partial charge in [0.05, 0.1) is 17.5 Å². The number of fused-ring (bicyclic) bond motifs is 5. The third-order valence-corrected chi connectivity index (χ3v) is 5.40. The largest absolute Gasteiger partial charge is 0.261 e. The van der Waals surface area contributed by atoms with Crippen molar-refractivity contribution in [3.63, 3.8) is 0 Å². The van der Waals surface area contributed by atoms with Gasteiger partial charge in [0.25, 0.3) is 0 Å². The number of hydrogen-bond donors (Lipinski definition) is 0. The summed E-state index contributed by atoms with van der Waals surface area (Å²) in [6.07, 6.45) is 6.79. The van der Waals surface area contributed by atoms with Crippen molar-refractivity contribution in [2.75, 3.05) is 0 Å². The molecule has 25 heavy (non-hydrogen) atoms. The summed E-state index contributed by atoms with van der Waals surface area (Å²) in [6, 6.07) is 14.8. The van der Waals surface area contributed by atoms with E-state index in [1.54, 1.807) is 0 Å². The van der Waals surface area contributed by atoms with Crippen molar-refractivity contribution >= 4 is 26.8 Å². The summed E-state index contributed by atoms with van der Waals surface area (Å²) in [4.78, 5) is 9.30. The Hall–Kier alpha value is -2.53. The second-order valence-corrected chi connectivity index (χ2v) is 7.33. The van der Waals surface area contributed by atoms with Gasteiger partial charge in [0, 0.05) is 16.9 Å². The molecule has 5 heteroatoms. The van der Waals surface area contributed by atoms with Crippen LogP contribution >= 0.6 is 15.9 Å². The van der Waals surface area contributed by atoms with E-state index in [2.05, 4.69) is 73.7 Å². The van der Waals surface area contributed by atoms with Crippen molar-refractivity contribution in [1.29, 1.82) is 0 Å². The number of pyridine rings is 2. The fourth-order valence-corrected chi connectivity index (χ4v) is 4.08. The van der Waals surface area contributed by atoms with E-state index in [0.29, 0.717) is 0 Å². The van der Waals surface area contributed by atoms with E-state index in [4.69, 9.17) is 4.98 Å². The zero-order valence-corrected chi connectivity index (χ0v) is 15.3. The van der Waals surface area contributed by atoms with Crippen LogP contribution in [0.5, 0.6) is 0 Å². The normalized spacial score (nSPS) is 15.4. The SMILES string of the molecule is Cc1cccnc1CC1c2ncccc2-n2c3ccc(Br)cc3c[n+]21. The molecule has 1 atom stereocenters. The highest BCUT2D eigenvalue weighted by molar-refractivity contribution is 9.10. The van der Waals surface area contributed by atoms with Crippen LogP contribution in [-0.4, -0.2) is 14.6 Å². The van der Waals surface area contributed by atoms with Gasteiger partial charge < -0.3 is 0 Å². The molecule has 1 aromatic carbocycles. The van der Waals surface area contributed by atoms with E-state index in [-0.39, 0.29) is 6.04 Å². The molecule has 4 aromatic rings. The average Bonchev–Trinajstić information content (AvgIpc) is 3.12. The summed E-state index contributed by atoms with van der Waals surface area (Å²) in [7, 11) is 0. The minimum atomic E-state index is 0.149. The van der Waals surface area contributed by atoms with Crippen LogP contribution in [0.2, 0.25) is 0 Å². The van der Waals surface area contributed by atoms with Crippen molar-refractivity contribution in [2.24, 2.45) is 0 Å². The lowest BCUT2D eigenvalue weighted by Crippen LogP contribution is -2.42. The molecule has 0 saturated heterocycles. The molecule has 0 bridgehead atoms. The molecule has 0 radical (unpaired) electrons. The summed E-state index contributed by atoms with van der Waals surface area (Å²) in [6.45, 7) is 2.12. The highest BCUT2D eigenvalue weighted by Gasteiger charge is 2.39. The Morgan fingerprint density at radius 2 is 1.96 bits per heavy atom. The molecule has 0 spiro atoms. The van der Waals surface area contributed by atoms with Gasteiger partial charge in [-0.15, -0.1) is 9.36 Å². The van der Waals surface area contributed by atoms with E-state index in [1.165, 1.54) is 16.5 Å². The van der Waals surface area contributed by atoms with Gasteiger partial charge >= 0.3 is 0 Å². The van der Waals surface area contributed by atoms with Crippen LogP contribution < -0.4 is 4.68 Å². The molecule has 0 amide bonds. The number of rotatable bonds is 2. The molecule has 0 fully saturated rings. The smallest absolute Gasteiger partial charge is 0.231 e. The molecule has 4 heterocycles. The summed E-state index contributed by atoms with van der Waals surface area (Å²) in [5.74, 6) is 0. The van der Waals surface area contributed by atoms with Gasteiger partial charge in [-0.25, -0.2) is 0 Å². The Morgan fingerprint density at radius 1 is 1.12 bits per heavy atom. The summed E-state index contributed by atoms with van der Waals surface area (Å²) in [5.41, 5.74) is 5.79. The molecule has 5 rings (SSSR count). The third kappa shape index (κ3) is 2.23. The minimum Gasteiger partial charge on any atom is -0.261 e. The van der Waals surface area contributed by atoms with Crippen molar-refractivity contribution in [2.45, 2.75) is 19.4 Å². The average molecular weight is 392 g/mol. The first kappa shape index (κ1) is 14.8. The lowest BCUT2D eigenvalue weighted by Gasteiger charge is -2.07. The highest BCUT2D eigenvalue weighted by Crippen LogP contribution is 2.32. The van der Waals surface area contributed by atoms with Gasteiger partial charge in [0.15, 0.2) is 0 Å². The Labute approximate surface area is 153 Å². The van der Waals surface area contributed by atoms with Crippen LogP contribution in [-0.2, 0) is 6.42 Å². The first-order valence-corrected chi connectivity index (χ1v) is 9.10. The first-order chi connectivity index (χ1) is 12.2. The Balaban J connectivity index is 1.73. The van der Waals surface area contributed by atoms with Crippen LogP contribution in [0.15, 0.2) is 65.5 Å². The molecule has 0 aliphatic carbocycles. The van der Waals surface area contributed by atoms with Gasteiger partial charge in [-0.3, -0.25) is 9.97 Å². The van der Waals surface area contributed by atoms with Crippen molar-refractivity contribution < 1.29 is 4.68 Å². The highest BCUT2D eigenvalue weighted by atomic mass is 79.9. The van der Waals surface area contributed by atoms with Gasteiger partial charge in [-0.2, -0.15) is 0 Å². The van der Waals surface area contributed by atoms with E-state index < -0.39 is 0 Å². The van der Waals surface area contributed by atoms with Crippen molar-refractivity contribution in [3.8, 4) is 5.69 Å². The van der Waals surface area contributed by atoms with Gasteiger partial charge in [0.1, 0.15) is 16.9 Å². The predicted molar refractivity (Wildman–Crippen MR) is 99.8 cm³/mol. The van der Waals surface area contributed by atoms with E-state index in [0.717, 1.165) is 28.0 Å². The molecule has 4 nitrogen and oxygen atoms in total. The van der Waals surface area contributed by atoms with E-state index in [1.807, 2.05) is 24.5 Å². The lowest BCUT2D eigenvalue weighted by atomic mass is 10.0. The number of hydrogen-bond acceptors (Lipinski definition) is 2. The summed E-state index contributed by atoms with van der Waals surface area (Å²) in [5, 5.41) is 1.21. The van der Waals surface area contributed by atoms with Crippen LogP contribution in [0.4, 0.5) is 0 Å².